The third kappa shape index (κ3) is 4.11. The first-order valence-corrected chi connectivity index (χ1v) is 10.0. The molecule has 29 heavy (non-hydrogen) atoms. The van der Waals surface area contributed by atoms with Crippen LogP contribution in [0, 0.1) is 0 Å². The largest absolute Gasteiger partial charge is 0.479 e. The Morgan fingerprint density at radius 3 is 2.76 bits per heavy atom. The maximum Gasteiger partial charge on any atom is 0.267 e. The van der Waals surface area contributed by atoms with Gasteiger partial charge in [0, 0.05) is 37.8 Å². The van der Waals surface area contributed by atoms with Crippen molar-refractivity contribution in [3.8, 4) is 5.75 Å². The number of carbonyl (C=O) groups excluding carboxylic acids is 2. The van der Waals surface area contributed by atoms with Crippen molar-refractivity contribution in [2.24, 2.45) is 0 Å². The average Bonchev–Trinajstić information content (AvgIpc) is 3.15. The van der Waals surface area contributed by atoms with Gasteiger partial charge in [0.25, 0.3) is 5.91 Å². The lowest BCUT2D eigenvalue weighted by molar-refractivity contribution is -0.125. The summed E-state index contributed by atoms with van der Waals surface area (Å²) >= 11 is 0. The summed E-state index contributed by atoms with van der Waals surface area (Å²) in [6, 6.07) is 17.8. The van der Waals surface area contributed by atoms with Crippen molar-refractivity contribution in [3.63, 3.8) is 0 Å². The van der Waals surface area contributed by atoms with Crippen molar-refractivity contribution in [3.05, 3.63) is 60.8 Å². The van der Waals surface area contributed by atoms with Gasteiger partial charge in [-0.1, -0.05) is 30.3 Å². The van der Waals surface area contributed by atoms with Crippen LogP contribution in [-0.4, -0.2) is 35.6 Å². The van der Waals surface area contributed by atoms with Crippen molar-refractivity contribution >= 4 is 28.4 Å². The second-order valence-corrected chi connectivity index (χ2v) is 7.24. The smallest absolute Gasteiger partial charge is 0.267 e. The van der Waals surface area contributed by atoms with Crippen LogP contribution in [0.2, 0.25) is 0 Å². The Morgan fingerprint density at radius 2 is 1.86 bits per heavy atom. The van der Waals surface area contributed by atoms with E-state index in [1.807, 2.05) is 36.4 Å². The molecule has 150 valence electrons. The Morgan fingerprint density at radius 1 is 1.07 bits per heavy atom. The summed E-state index contributed by atoms with van der Waals surface area (Å²) in [7, 11) is 0. The lowest BCUT2D eigenvalue weighted by Crippen LogP contribution is -2.45. The number of aryl methyl sites for hydroxylation is 1. The molecule has 3 aromatic rings. The summed E-state index contributed by atoms with van der Waals surface area (Å²) in [5.74, 6) is 0.515. The zero-order chi connectivity index (χ0) is 20.2. The third-order valence-corrected chi connectivity index (χ3v) is 5.21. The minimum atomic E-state index is -0.538. The molecule has 2 aromatic carbocycles. The summed E-state index contributed by atoms with van der Waals surface area (Å²) < 4.78 is 7.83. The van der Waals surface area contributed by atoms with Gasteiger partial charge in [0.1, 0.15) is 5.75 Å². The predicted octanol–water partition coefficient (Wildman–Crippen LogP) is 3.35. The molecule has 0 bridgehead atoms. The van der Waals surface area contributed by atoms with Crippen LogP contribution in [-0.2, 0) is 16.1 Å². The van der Waals surface area contributed by atoms with Gasteiger partial charge in [-0.2, -0.15) is 0 Å². The fraction of sp³-hybridized carbons (Fsp3) is 0.304. The number of hydrogen-bond acceptors (Lipinski definition) is 3. The van der Waals surface area contributed by atoms with Crippen molar-refractivity contribution in [2.45, 2.75) is 32.4 Å². The second-order valence-electron chi connectivity index (χ2n) is 7.24. The SMILES string of the molecule is CC1Oc2ccccc2N(CCC(=O)NCCCn2ccc3ccccc32)C1=O. The molecule has 0 fully saturated rings. The van der Waals surface area contributed by atoms with E-state index >= 15 is 0 Å². The minimum Gasteiger partial charge on any atom is -0.479 e. The Balaban J connectivity index is 1.26. The van der Waals surface area contributed by atoms with E-state index in [2.05, 4.69) is 34.3 Å². The second kappa shape index (κ2) is 8.39. The number of rotatable bonds is 7. The van der Waals surface area contributed by atoms with Gasteiger partial charge >= 0.3 is 0 Å². The number of nitrogens with zero attached hydrogens (tertiary/aromatic N) is 2. The number of hydrogen-bond donors (Lipinski definition) is 1. The van der Waals surface area contributed by atoms with E-state index in [-0.39, 0.29) is 18.2 Å². The summed E-state index contributed by atoms with van der Waals surface area (Å²) in [6.45, 7) is 3.53. The summed E-state index contributed by atoms with van der Waals surface area (Å²) in [6.07, 6.45) is 2.65. The number of aromatic nitrogens is 1. The van der Waals surface area contributed by atoms with Gasteiger partial charge in [-0.05, 0) is 43.0 Å². The first-order valence-electron chi connectivity index (χ1n) is 10.0. The van der Waals surface area contributed by atoms with Gasteiger partial charge in [-0.15, -0.1) is 0 Å². The molecule has 4 rings (SSSR count). The molecule has 0 saturated heterocycles. The van der Waals surface area contributed by atoms with Gasteiger partial charge in [0.15, 0.2) is 6.10 Å². The summed E-state index contributed by atoms with van der Waals surface area (Å²) in [5, 5.41) is 4.18. The summed E-state index contributed by atoms with van der Waals surface area (Å²) in [4.78, 5) is 26.4. The topological polar surface area (TPSA) is 63.6 Å². The van der Waals surface area contributed by atoms with Crippen LogP contribution in [0.3, 0.4) is 0 Å². The number of carbonyl (C=O) groups is 2. The highest BCUT2D eigenvalue weighted by molar-refractivity contribution is 6.00. The van der Waals surface area contributed by atoms with Gasteiger partial charge in [-0.25, -0.2) is 0 Å². The van der Waals surface area contributed by atoms with Crippen LogP contribution in [0.15, 0.2) is 60.8 Å². The van der Waals surface area contributed by atoms with Crippen LogP contribution in [0.1, 0.15) is 19.8 Å². The number of nitrogens with one attached hydrogen (secondary N) is 1. The van der Waals surface area contributed by atoms with E-state index in [9.17, 15) is 9.59 Å². The van der Waals surface area contributed by atoms with Crippen LogP contribution in [0.4, 0.5) is 5.69 Å². The molecule has 6 heteroatoms. The minimum absolute atomic E-state index is 0.0493. The molecule has 0 radical (unpaired) electrons. The molecule has 0 saturated carbocycles. The van der Waals surface area contributed by atoms with E-state index < -0.39 is 6.10 Å². The molecule has 1 atom stereocenters. The van der Waals surface area contributed by atoms with E-state index in [0.29, 0.717) is 18.8 Å². The Labute approximate surface area is 170 Å². The van der Waals surface area contributed by atoms with Gasteiger partial charge in [0.2, 0.25) is 5.91 Å². The van der Waals surface area contributed by atoms with Crippen LogP contribution in [0.5, 0.6) is 5.75 Å². The fourth-order valence-corrected chi connectivity index (χ4v) is 3.70. The van der Waals surface area contributed by atoms with Crippen LogP contribution >= 0.6 is 0 Å². The summed E-state index contributed by atoms with van der Waals surface area (Å²) in [5.41, 5.74) is 1.93. The number of anilines is 1. The number of amides is 2. The normalized spacial score (nSPS) is 15.8. The van der Waals surface area contributed by atoms with Gasteiger partial charge in [-0.3, -0.25) is 9.59 Å². The molecular weight excluding hydrogens is 366 g/mol. The highest BCUT2D eigenvalue weighted by atomic mass is 16.5. The monoisotopic (exact) mass is 391 g/mol. The van der Waals surface area contributed by atoms with Crippen molar-refractivity contribution in [2.75, 3.05) is 18.0 Å². The molecular formula is C23H25N3O3. The number of ether oxygens (including phenoxy) is 1. The van der Waals surface area contributed by atoms with Gasteiger partial charge in [0.05, 0.1) is 5.69 Å². The lowest BCUT2D eigenvalue weighted by atomic mass is 10.1. The molecule has 1 aliphatic heterocycles. The number of benzene rings is 2. The first kappa shape index (κ1) is 19.1. The molecule has 1 unspecified atom stereocenters. The molecule has 1 aromatic heterocycles. The maximum absolute atomic E-state index is 12.5. The number of para-hydroxylation sites is 3. The zero-order valence-corrected chi connectivity index (χ0v) is 16.5. The highest BCUT2D eigenvalue weighted by Gasteiger charge is 2.31. The third-order valence-electron chi connectivity index (χ3n) is 5.21. The first-order chi connectivity index (χ1) is 14.1. The quantitative estimate of drug-likeness (QED) is 0.628. The molecule has 2 heterocycles. The van der Waals surface area contributed by atoms with Crippen molar-refractivity contribution < 1.29 is 14.3 Å². The highest BCUT2D eigenvalue weighted by Crippen LogP contribution is 2.33. The molecule has 1 N–H and O–H groups in total. The molecule has 0 aliphatic carbocycles. The Hall–Kier alpha value is -3.28. The van der Waals surface area contributed by atoms with Crippen LogP contribution in [0.25, 0.3) is 10.9 Å². The maximum atomic E-state index is 12.5. The zero-order valence-electron chi connectivity index (χ0n) is 16.5. The molecule has 1 aliphatic rings. The van der Waals surface area contributed by atoms with Crippen molar-refractivity contribution in [1.82, 2.24) is 9.88 Å². The van der Waals surface area contributed by atoms with Gasteiger partial charge < -0.3 is 19.5 Å². The molecule has 0 spiro atoms. The Bertz CT molecular complexity index is 1030. The molecule has 6 nitrogen and oxygen atoms in total. The Kier molecular flexibility index (Phi) is 5.51. The van der Waals surface area contributed by atoms with Crippen molar-refractivity contribution in [1.29, 1.82) is 0 Å². The fourth-order valence-electron chi connectivity index (χ4n) is 3.70. The predicted molar refractivity (Wildman–Crippen MR) is 113 cm³/mol. The van der Waals surface area contributed by atoms with E-state index in [1.165, 1.54) is 10.9 Å². The lowest BCUT2D eigenvalue weighted by Gasteiger charge is -2.32. The number of fused-ring (bicyclic) bond motifs is 2. The van der Waals surface area contributed by atoms with E-state index in [4.69, 9.17) is 4.74 Å². The molecule has 2 amide bonds. The standard InChI is InChI=1S/C23H25N3O3/c1-17-23(28)26(20-9-4-5-10-21(20)29-17)16-12-22(27)24-13-6-14-25-15-11-18-7-2-3-8-19(18)25/h2-5,7-11,15,17H,6,12-14,16H2,1H3,(H,24,27). The van der Waals surface area contributed by atoms with E-state index in [0.717, 1.165) is 18.7 Å². The average molecular weight is 391 g/mol. The van der Waals surface area contributed by atoms with E-state index in [1.54, 1.807) is 11.8 Å². The van der Waals surface area contributed by atoms with Crippen LogP contribution < -0.4 is 15.0 Å².